The normalized spacial score (nSPS) is 16.0. The van der Waals surface area contributed by atoms with E-state index in [0.717, 1.165) is 5.69 Å². The van der Waals surface area contributed by atoms with Gasteiger partial charge >= 0.3 is 0 Å². The van der Waals surface area contributed by atoms with Crippen molar-refractivity contribution in [3.05, 3.63) is 63.1 Å². The van der Waals surface area contributed by atoms with Gasteiger partial charge in [-0.3, -0.25) is 14.9 Å². The number of methoxy groups -OCH3 is 1. The Morgan fingerprint density at radius 1 is 1.17 bits per heavy atom. The maximum Gasteiger partial charge on any atom is 0.261 e. The first-order valence-corrected chi connectivity index (χ1v) is 10.6. The Bertz CT molecular complexity index is 1100. The molecule has 1 aliphatic heterocycles. The van der Waals surface area contributed by atoms with Crippen LogP contribution in [-0.4, -0.2) is 35.7 Å². The molecule has 2 heterocycles. The summed E-state index contributed by atoms with van der Waals surface area (Å²) in [5.41, 5.74) is 1.09. The second-order valence-electron chi connectivity index (χ2n) is 6.63. The van der Waals surface area contributed by atoms with Crippen molar-refractivity contribution < 1.29 is 14.3 Å². The maximum atomic E-state index is 12.6. The van der Waals surface area contributed by atoms with Gasteiger partial charge in [-0.25, -0.2) is 0 Å². The maximum absolute atomic E-state index is 12.6. The second-order valence-corrected chi connectivity index (χ2v) is 8.51. The first-order chi connectivity index (χ1) is 14.4. The molecule has 10 heteroatoms. The summed E-state index contributed by atoms with van der Waals surface area (Å²) < 4.78 is 5.22. The number of benzene rings is 2. The number of aromatic nitrogens is 2. The highest BCUT2D eigenvalue weighted by molar-refractivity contribution is 7.15. The number of hydrogen-bond donors (Lipinski definition) is 1. The van der Waals surface area contributed by atoms with Crippen LogP contribution < -0.4 is 15.0 Å². The fraction of sp³-hybridized carbons (Fsp3) is 0.200. The minimum Gasteiger partial charge on any atom is -0.496 e. The van der Waals surface area contributed by atoms with E-state index in [1.807, 2.05) is 12.1 Å². The molecule has 30 heavy (non-hydrogen) atoms. The molecule has 1 aliphatic rings. The Morgan fingerprint density at radius 3 is 2.63 bits per heavy atom. The van der Waals surface area contributed by atoms with Gasteiger partial charge in [-0.2, -0.15) is 0 Å². The summed E-state index contributed by atoms with van der Waals surface area (Å²) in [6.07, 6.45) is 0.327. The number of halogens is 2. The van der Waals surface area contributed by atoms with Gasteiger partial charge in [0.25, 0.3) is 5.91 Å². The van der Waals surface area contributed by atoms with Gasteiger partial charge in [-0.05, 0) is 42.5 Å². The van der Waals surface area contributed by atoms with Crippen LogP contribution in [0.4, 0.5) is 10.8 Å². The van der Waals surface area contributed by atoms with E-state index in [2.05, 4.69) is 15.5 Å². The highest BCUT2D eigenvalue weighted by Gasteiger charge is 2.34. The topological polar surface area (TPSA) is 84.4 Å². The van der Waals surface area contributed by atoms with Gasteiger partial charge in [0.1, 0.15) is 10.8 Å². The number of nitrogens with zero attached hydrogens (tertiary/aromatic N) is 3. The molecule has 4 rings (SSSR count). The van der Waals surface area contributed by atoms with Crippen molar-refractivity contribution in [2.75, 3.05) is 23.9 Å². The number of carbonyl (C=O) groups excluding carboxylic acids is 2. The molecule has 1 aromatic heterocycles. The van der Waals surface area contributed by atoms with Crippen LogP contribution in [0, 0.1) is 0 Å². The molecule has 0 saturated carbocycles. The van der Waals surface area contributed by atoms with Crippen LogP contribution >= 0.6 is 34.5 Å². The highest BCUT2D eigenvalue weighted by atomic mass is 35.5. The van der Waals surface area contributed by atoms with E-state index in [9.17, 15) is 9.59 Å². The summed E-state index contributed by atoms with van der Waals surface area (Å²) in [4.78, 5) is 26.8. The van der Waals surface area contributed by atoms with Crippen molar-refractivity contribution in [2.45, 2.75) is 12.3 Å². The van der Waals surface area contributed by atoms with Crippen molar-refractivity contribution in [3.63, 3.8) is 0 Å². The summed E-state index contributed by atoms with van der Waals surface area (Å²) >= 11 is 13.2. The zero-order chi connectivity index (χ0) is 21.3. The summed E-state index contributed by atoms with van der Waals surface area (Å²) in [7, 11) is 1.48. The Kier molecular flexibility index (Phi) is 5.90. The number of rotatable bonds is 5. The van der Waals surface area contributed by atoms with Gasteiger partial charge in [0, 0.05) is 34.6 Å². The molecule has 0 aliphatic carbocycles. The summed E-state index contributed by atoms with van der Waals surface area (Å²) in [5, 5.41) is 13.0. The Morgan fingerprint density at radius 2 is 1.90 bits per heavy atom. The minimum absolute atomic E-state index is 0.00627. The van der Waals surface area contributed by atoms with E-state index < -0.39 is 5.91 Å². The molecule has 1 saturated heterocycles. The smallest absolute Gasteiger partial charge is 0.261 e. The second kappa shape index (κ2) is 8.59. The quantitative estimate of drug-likeness (QED) is 0.597. The molecule has 2 aromatic carbocycles. The molecular weight excluding hydrogens is 447 g/mol. The van der Waals surface area contributed by atoms with Crippen molar-refractivity contribution >= 4 is 57.2 Å². The van der Waals surface area contributed by atoms with Crippen molar-refractivity contribution in [1.82, 2.24) is 10.2 Å². The zero-order valence-corrected chi connectivity index (χ0v) is 18.1. The van der Waals surface area contributed by atoms with Gasteiger partial charge in [-0.15, -0.1) is 10.2 Å². The number of nitrogens with one attached hydrogen (secondary N) is 1. The molecule has 0 radical (unpaired) electrons. The van der Waals surface area contributed by atoms with Crippen LogP contribution in [0.5, 0.6) is 5.75 Å². The van der Waals surface area contributed by atoms with Gasteiger partial charge < -0.3 is 9.64 Å². The molecule has 2 amide bonds. The first-order valence-electron chi connectivity index (χ1n) is 8.99. The average molecular weight is 463 g/mol. The summed E-state index contributed by atoms with van der Waals surface area (Å²) in [6.45, 7) is 0.491. The summed E-state index contributed by atoms with van der Waals surface area (Å²) in [6, 6.07) is 11.9. The van der Waals surface area contributed by atoms with E-state index >= 15 is 0 Å². The number of amides is 2. The van der Waals surface area contributed by atoms with Gasteiger partial charge in [0.2, 0.25) is 11.0 Å². The summed E-state index contributed by atoms with van der Waals surface area (Å²) in [5.74, 6) is -0.0900. The SMILES string of the molecule is COc1ccc(Cl)cc1C(=O)Nc1nnc(C2CC(=O)N(c3ccc(Cl)cc3)C2)s1. The largest absolute Gasteiger partial charge is 0.496 e. The van der Waals surface area contributed by atoms with E-state index in [0.29, 0.717) is 44.5 Å². The molecule has 1 fully saturated rings. The molecule has 1 unspecified atom stereocenters. The predicted octanol–water partition coefficient (Wildman–Crippen LogP) is 4.63. The van der Waals surface area contributed by atoms with Crippen molar-refractivity contribution in [1.29, 1.82) is 0 Å². The van der Waals surface area contributed by atoms with Crippen LogP contribution in [-0.2, 0) is 4.79 Å². The third-order valence-electron chi connectivity index (χ3n) is 4.68. The van der Waals surface area contributed by atoms with Crippen LogP contribution in [0.1, 0.15) is 27.7 Å². The Hall–Kier alpha value is -2.68. The van der Waals surface area contributed by atoms with E-state index in [4.69, 9.17) is 27.9 Å². The molecule has 1 N–H and O–H groups in total. The Balaban J connectivity index is 1.47. The number of ether oxygens (including phenoxy) is 1. The van der Waals surface area contributed by atoms with Crippen LogP contribution in [0.25, 0.3) is 0 Å². The molecule has 3 aromatic rings. The lowest BCUT2D eigenvalue weighted by atomic mass is 10.1. The lowest BCUT2D eigenvalue weighted by molar-refractivity contribution is -0.117. The number of hydrogen-bond acceptors (Lipinski definition) is 6. The Labute approximate surface area is 186 Å². The molecule has 7 nitrogen and oxygen atoms in total. The standard InChI is InChI=1S/C20H16Cl2N4O3S/c1-29-16-7-4-13(22)9-15(16)18(28)23-20-25-24-19(30-20)11-8-17(27)26(10-11)14-5-2-12(21)3-6-14/h2-7,9,11H,8,10H2,1H3,(H,23,25,28). The highest BCUT2D eigenvalue weighted by Crippen LogP contribution is 2.35. The van der Waals surface area contributed by atoms with Gasteiger partial charge in [0.15, 0.2) is 0 Å². The monoisotopic (exact) mass is 462 g/mol. The van der Waals surface area contributed by atoms with Crippen molar-refractivity contribution in [3.8, 4) is 5.75 Å². The fourth-order valence-electron chi connectivity index (χ4n) is 3.22. The average Bonchev–Trinajstić information content (AvgIpc) is 3.35. The molecular formula is C20H16Cl2N4O3S. The molecule has 154 valence electrons. The van der Waals surface area contributed by atoms with Gasteiger partial charge in [-0.1, -0.05) is 34.5 Å². The lowest BCUT2D eigenvalue weighted by Crippen LogP contribution is -2.24. The zero-order valence-electron chi connectivity index (χ0n) is 15.8. The fourth-order valence-corrected chi connectivity index (χ4v) is 4.34. The molecule has 0 bridgehead atoms. The predicted molar refractivity (Wildman–Crippen MR) is 117 cm³/mol. The number of anilines is 2. The van der Waals surface area contributed by atoms with E-state index in [1.165, 1.54) is 24.5 Å². The third-order valence-corrected chi connectivity index (χ3v) is 6.17. The van der Waals surface area contributed by atoms with Crippen LogP contribution in [0.15, 0.2) is 42.5 Å². The van der Waals surface area contributed by atoms with Crippen molar-refractivity contribution in [2.24, 2.45) is 0 Å². The third kappa shape index (κ3) is 4.26. The van der Waals surface area contributed by atoms with E-state index in [1.54, 1.807) is 29.2 Å². The van der Waals surface area contributed by atoms with Crippen LogP contribution in [0.3, 0.4) is 0 Å². The lowest BCUT2D eigenvalue weighted by Gasteiger charge is -2.16. The van der Waals surface area contributed by atoms with Gasteiger partial charge in [0.05, 0.1) is 12.7 Å². The molecule has 0 spiro atoms. The minimum atomic E-state index is -0.401. The first kappa shape index (κ1) is 20.6. The van der Waals surface area contributed by atoms with Crippen LogP contribution in [0.2, 0.25) is 10.0 Å². The number of carbonyl (C=O) groups is 2. The van der Waals surface area contributed by atoms with E-state index in [-0.39, 0.29) is 11.8 Å². The molecule has 1 atom stereocenters.